The van der Waals surface area contributed by atoms with Gasteiger partial charge in [-0.25, -0.2) is 0 Å². The van der Waals surface area contributed by atoms with Gasteiger partial charge in [0.2, 0.25) is 0 Å². The van der Waals surface area contributed by atoms with Gasteiger partial charge in [0, 0.05) is 0 Å². The van der Waals surface area contributed by atoms with Crippen LogP contribution in [0.4, 0.5) is 0 Å². The van der Waals surface area contributed by atoms with Crippen LogP contribution < -0.4 is 0 Å². The van der Waals surface area contributed by atoms with Gasteiger partial charge in [-0.3, -0.25) is 4.18 Å². The Bertz CT molecular complexity index is 599. The Labute approximate surface area is 127 Å². The largest absolute Gasteiger partial charge is 0.387 e. The van der Waals surface area contributed by atoms with Crippen LogP contribution >= 0.6 is 0 Å². The van der Waals surface area contributed by atoms with E-state index in [2.05, 4.69) is 0 Å². The standard InChI is InChI=1S/C13H18O8S/c1-7-2-4-8(5-3-7)22(18,19)20-6-9-10(14)11(15)12(16)13(17)21-9/h2-5,9-17H,6H2,1H3/t9?,10-,11-,12?,13-/m0/s1. The molecule has 1 heterocycles. The van der Waals surface area contributed by atoms with Crippen molar-refractivity contribution in [3.63, 3.8) is 0 Å². The van der Waals surface area contributed by atoms with Crippen molar-refractivity contribution >= 4 is 10.1 Å². The van der Waals surface area contributed by atoms with E-state index < -0.39 is 47.4 Å². The fourth-order valence-electron chi connectivity index (χ4n) is 2.00. The molecule has 124 valence electrons. The van der Waals surface area contributed by atoms with Crippen molar-refractivity contribution in [1.82, 2.24) is 0 Å². The molecule has 1 fully saturated rings. The molecular weight excluding hydrogens is 316 g/mol. The Morgan fingerprint density at radius 2 is 1.64 bits per heavy atom. The van der Waals surface area contributed by atoms with Gasteiger partial charge in [-0.1, -0.05) is 17.7 Å². The molecule has 1 aliphatic heterocycles. The predicted octanol–water partition coefficient (Wildman–Crippen LogP) is -1.50. The van der Waals surface area contributed by atoms with Crippen molar-refractivity contribution in [2.45, 2.75) is 42.5 Å². The summed E-state index contributed by atoms with van der Waals surface area (Å²) in [5, 5.41) is 37.9. The molecule has 4 N–H and O–H groups in total. The normalized spacial score (nSPS) is 32.9. The zero-order valence-corrected chi connectivity index (χ0v) is 12.5. The lowest BCUT2D eigenvalue weighted by Gasteiger charge is -2.37. The van der Waals surface area contributed by atoms with E-state index in [9.17, 15) is 28.8 Å². The Morgan fingerprint density at radius 1 is 1.05 bits per heavy atom. The fraction of sp³-hybridized carbons (Fsp3) is 0.538. The Balaban J connectivity index is 2.04. The summed E-state index contributed by atoms with van der Waals surface area (Å²) in [6.45, 7) is 1.19. The van der Waals surface area contributed by atoms with E-state index in [4.69, 9.17) is 8.92 Å². The molecule has 0 aromatic heterocycles. The van der Waals surface area contributed by atoms with E-state index in [0.29, 0.717) is 0 Å². The molecule has 8 nitrogen and oxygen atoms in total. The minimum atomic E-state index is -4.07. The van der Waals surface area contributed by atoms with Crippen LogP contribution in [0.3, 0.4) is 0 Å². The molecule has 9 heteroatoms. The zero-order chi connectivity index (χ0) is 16.5. The van der Waals surface area contributed by atoms with E-state index in [-0.39, 0.29) is 4.90 Å². The van der Waals surface area contributed by atoms with Gasteiger partial charge in [0.15, 0.2) is 6.29 Å². The maximum absolute atomic E-state index is 12.0. The van der Waals surface area contributed by atoms with Crippen LogP contribution in [0, 0.1) is 6.92 Å². The highest BCUT2D eigenvalue weighted by Gasteiger charge is 2.43. The van der Waals surface area contributed by atoms with Crippen molar-refractivity contribution in [2.75, 3.05) is 6.61 Å². The van der Waals surface area contributed by atoms with Crippen LogP contribution in [0.5, 0.6) is 0 Å². The lowest BCUT2D eigenvalue weighted by Crippen LogP contribution is -2.58. The van der Waals surface area contributed by atoms with Gasteiger partial charge >= 0.3 is 0 Å². The molecule has 5 atom stereocenters. The first kappa shape index (κ1) is 17.3. The zero-order valence-electron chi connectivity index (χ0n) is 11.7. The highest BCUT2D eigenvalue weighted by Crippen LogP contribution is 2.21. The molecule has 2 unspecified atom stereocenters. The van der Waals surface area contributed by atoms with Crippen LogP contribution in [0.1, 0.15) is 5.56 Å². The second-order valence-electron chi connectivity index (χ2n) is 5.09. The number of aliphatic hydroxyl groups excluding tert-OH is 4. The Morgan fingerprint density at radius 3 is 2.23 bits per heavy atom. The van der Waals surface area contributed by atoms with Crippen molar-refractivity contribution in [1.29, 1.82) is 0 Å². The average Bonchev–Trinajstić information content (AvgIpc) is 2.48. The van der Waals surface area contributed by atoms with Crippen molar-refractivity contribution in [3.05, 3.63) is 29.8 Å². The van der Waals surface area contributed by atoms with Crippen molar-refractivity contribution < 1.29 is 37.8 Å². The van der Waals surface area contributed by atoms with Gasteiger partial charge in [0.25, 0.3) is 10.1 Å². The first-order valence-corrected chi connectivity index (χ1v) is 7.97. The topological polar surface area (TPSA) is 134 Å². The molecule has 22 heavy (non-hydrogen) atoms. The van der Waals surface area contributed by atoms with Crippen molar-refractivity contribution in [3.8, 4) is 0 Å². The Kier molecular flexibility index (Phi) is 5.17. The fourth-order valence-corrected chi connectivity index (χ4v) is 2.92. The number of aliphatic hydroxyl groups is 4. The first-order chi connectivity index (χ1) is 10.2. The SMILES string of the molecule is Cc1ccc(S(=O)(=O)OCC2O[C@H](O)C(O)[C@@H](O)[C@H]2O)cc1. The number of hydrogen-bond acceptors (Lipinski definition) is 8. The van der Waals surface area contributed by atoms with Crippen LogP contribution in [0.15, 0.2) is 29.2 Å². The molecular formula is C13H18O8S. The Hall–Kier alpha value is -1.07. The molecule has 0 radical (unpaired) electrons. The second kappa shape index (κ2) is 6.59. The molecule has 0 spiro atoms. The number of ether oxygens (including phenoxy) is 1. The molecule has 1 saturated heterocycles. The quantitative estimate of drug-likeness (QED) is 0.489. The summed E-state index contributed by atoms with van der Waals surface area (Å²) in [4.78, 5) is -0.0652. The molecule has 0 amide bonds. The van der Waals surface area contributed by atoms with Crippen LogP contribution in [0.25, 0.3) is 0 Å². The molecule has 1 aromatic rings. The monoisotopic (exact) mass is 334 g/mol. The van der Waals surface area contributed by atoms with E-state index in [1.54, 1.807) is 19.1 Å². The van der Waals surface area contributed by atoms with Gasteiger partial charge in [0.05, 0.1) is 11.5 Å². The van der Waals surface area contributed by atoms with E-state index in [1.807, 2.05) is 0 Å². The smallest absolute Gasteiger partial charge is 0.297 e. The van der Waals surface area contributed by atoms with Crippen LogP contribution in [-0.4, -0.2) is 66.2 Å². The molecule has 0 bridgehead atoms. The van der Waals surface area contributed by atoms with E-state index >= 15 is 0 Å². The third kappa shape index (κ3) is 3.63. The van der Waals surface area contributed by atoms with Crippen LogP contribution in [-0.2, 0) is 19.0 Å². The number of benzene rings is 1. The predicted molar refractivity (Wildman–Crippen MR) is 73.2 cm³/mol. The number of rotatable bonds is 4. The third-order valence-corrected chi connectivity index (χ3v) is 4.68. The van der Waals surface area contributed by atoms with Gasteiger partial charge in [-0.05, 0) is 19.1 Å². The highest BCUT2D eigenvalue weighted by atomic mass is 32.2. The molecule has 2 rings (SSSR count). The van der Waals surface area contributed by atoms with Gasteiger partial charge < -0.3 is 25.2 Å². The van der Waals surface area contributed by atoms with Gasteiger partial charge in [0.1, 0.15) is 24.4 Å². The number of aryl methyl sites for hydroxylation is 1. The maximum atomic E-state index is 12.0. The summed E-state index contributed by atoms with van der Waals surface area (Å²) in [5.41, 5.74) is 0.880. The molecule has 0 saturated carbocycles. The first-order valence-electron chi connectivity index (χ1n) is 6.56. The highest BCUT2D eigenvalue weighted by molar-refractivity contribution is 7.86. The summed E-state index contributed by atoms with van der Waals surface area (Å²) >= 11 is 0. The van der Waals surface area contributed by atoms with E-state index in [0.717, 1.165) is 5.56 Å². The minimum absolute atomic E-state index is 0.0652. The van der Waals surface area contributed by atoms with Crippen LogP contribution in [0.2, 0.25) is 0 Å². The average molecular weight is 334 g/mol. The summed E-state index contributed by atoms with van der Waals surface area (Å²) < 4.78 is 33.6. The minimum Gasteiger partial charge on any atom is -0.387 e. The summed E-state index contributed by atoms with van der Waals surface area (Å²) in [6, 6.07) is 5.95. The number of hydrogen-bond donors (Lipinski definition) is 4. The third-order valence-electron chi connectivity index (χ3n) is 3.38. The molecule has 1 aromatic carbocycles. The van der Waals surface area contributed by atoms with Gasteiger partial charge in [-0.15, -0.1) is 0 Å². The summed E-state index contributed by atoms with van der Waals surface area (Å²) in [7, 11) is -4.07. The molecule has 1 aliphatic rings. The maximum Gasteiger partial charge on any atom is 0.297 e. The van der Waals surface area contributed by atoms with Gasteiger partial charge in [-0.2, -0.15) is 8.42 Å². The van der Waals surface area contributed by atoms with E-state index in [1.165, 1.54) is 12.1 Å². The second-order valence-corrected chi connectivity index (χ2v) is 6.70. The molecule has 0 aliphatic carbocycles. The summed E-state index contributed by atoms with van der Waals surface area (Å²) in [5.74, 6) is 0. The van der Waals surface area contributed by atoms with Crippen molar-refractivity contribution in [2.24, 2.45) is 0 Å². The lowest BCUT2D eigenvalue weighted by molar-refractivity contribution is -0.285. The lowest BCUT2D eigenvalue weighted by atomic mass is 10.00. The summed E-state index contributed by atoms with van der Waals surface area (Å²) in [6.07, 6.45) is -7.98.